The molecule has 1 atom stereocenters. The number of halogens is 3. The Labute approximate surface area is 220 Å². The number of carbonyl (C=O) groups excluding carboxylic acids is 1. The molecule has 10 heteroatoms. The van der Waals surface area contributed by atoms with Gasteiger partial charge in [0.05, 0.1) is 5.02 Å². The van der Waals surface area contributed by atoms with Crippen LogP contribution in [-0.2, 0) is 0 Å². The van der Waals surface area contributed by atoms with Gasteiger partial charge >= 0.3 is 6.03 Å². The molecule has 2 N–H and O–H groups in total. The summed E-state index contributed by atoms with van der Waals surface area (Å²) >= 11 is 5.78. The zero-order chi connectivity index (χ0) is 24.2. The van der Waals surface area contributed by atoms with Crippen molar-refractivity contribution in [1.29, 1.82) is 0 Å². The average Bonchev–Trinajstić information content (AvgIpc) is 2.87. The summed E-state index contributed by atoms with van der Waals surface area (Å²) in [5, 5.41) is 5.44. The van der Waals surface area contributed by atoms with Gasteiger partial charge in [-0.05, 0) is 48.5 Å². The summed E-state index contributed by atoms with van der Waals surface area (Å²) in [4.78, 5) is 17.1. The van der Waals surface area contributed by atoms with Gasteiger partial charge in [0, 0.05) is 49.8 Å². The highest BCUT2D eigenvalue weighted by Gasteiger charge is 2.25. The van der Waals surface area contributed by atoms with E-state index in [1.165, 1.54) is 18.2 Å². The van der Waals surface area contributed by atoms with E-state index in [1.54, 1.807) is 0 Å². The number of hydrogen-bond acceptors (Lipinski definition) is 5. The van der Waals surface area contributed by atoms with Crippen molar-refractivity contribution in [3.05, 3.63) is 77.6 Å². The maximum absolute atomic E-state index is 13.3. The summed E-state index contributed by atoms with van der Waals surface area (Å²) in [6.07, 6.45) is 0.0125. The second-order valence-electron chi connectivity index (χ2n) is 8.54. The molecule has 0 aromatic heterocycles. The minimum Gasteiger partial charge on any atom is -0.486 e. The molecule has 190 valence electrons. The van der Waals surface area contributed by atoms with Gasteiger partial charge in [-0.3, -0.25) is 4.90 Å². The topological polar surface area (TPSA) is 66.1 Å². The molecule has 0 radical (unpaired) electrons. The second-order valence-corrected chi connectivity index (χ2v) is 8.95. The van der Waals surface area contributed by atoms with Gasteiger partial charge in [0.15, 0.2) is 11.5 Å². The summed E-state index contributed by atoms with van der Waals surface area (Å²) < 4.78 is 25.3. The van der Waals surface area contributed by atoms with E-state index in [0.29, 0.717) is 18.0 Å². The van der Waals surface area contributed by atoms with Crippen molar-refractivity contribution in [2.45, 2.75) is 6.10 Å². The Hall–Kier alpha value is -3.20. The standard InChI is InChI=1S/C26H26ClFN4O3.ClH/c27-22-15-19(8-9-23(22)28)30-26(33)29-18-4-3-5-20(14-18)32-12-10-31(11-13-32)16-21-17-34-24-6-1-2-7-25(24)35-21;/h1-9,14-15,21H,10-13,16-17H2,(H2,29,30,33);1H. The van der Waals surface area contributed by atoms with Crippen molar-refractivity contribution >= 4 is 47.1 Å². The van der Waals surface area contributed by atoms with E-state index < -0.39 is 11.8 Å². The van der Waals surface area contributed by atoms with Crippen molar-refractivity contribution in [2.75, 3.05) is 54.9 Å². The summed E-state index contributed by atoms with van der Waals surface area (Å²) in [6.45, 7) is 4.92. The Kier molecular flexibility index (Phi) is 8.40. The highest BCUT2D eigenvalue weighted by Crippen LogP contribution is 2.31. The van der Waals surface area contributed by atoms with Crippen molar-refractivity contribution in [2.24, 2.45) is 0 Å². The van der Waals surface area contributed by atoms with Gasteiger partial charge in [-0.2, -0.15) is 0 Å². The third kappa shape index (κ3) is 6.32. The third-order valence-corrected chi connectivity index (χ3v) is 6.34. The molecule has 0 spiro atoms. The Morgan fingerprint density at radius 3 is 2.42 bits per heavy atom. The zero-order valence-corrected chi connectivity index (χ0v) is 21.0. The first-order valence-corrected chi connectivity index (χ1v) is 11.9. The monoisotopic (exact) mass is 532 g/mol. The lowest BCUT2D eigenvalue weighted by Gasteiger charge is -2.38. The largest absolute Gasteiger partial charge is 0.486 e. The number of anilines is 3. The molecule has 2 aliphatic rings. The van der Waals surface area contributed by atoms with Gasteiger partial charge < -0.3 is 25.0 Å². The molecule has 0 bridgehead atoms. The van der Waals surface area contributed by atoms with Gasteiger partial charge in [0.1, 0.15) is 18.5 Å². The molecule has 7 nitrogen and oxygen atoms in total. The van der Waals surface area contributed by atoms with Crippen LogP contribution in [0.15, 0.2) is 66.7 Å². The summed E-state index contributed by atoms with van der Waals surface area (Å²) in [5.74, 6) is 1.07. The van der Waals surface area contributed by atoms with E-state index in [0.717, 1.165) is 49.9 Å². The lowest BCUT2D eigenvalue weighted by Crippen LogP contribution is -2.50. The average molecular weight is 533 g/mol. The molecule has 1 saturated heterocycles. The molecule has 36 heavy (non-hydrogen) atoms. The van der Waals surface area contributed by atoms with E-state index in [4.69, 9.17) is 21.1 Å². The van der Waals surface area contributed by atoms with Crippen LogP contribution in [0, 0.1) is 5.82 Å². The van der Waals surface area contributed by atoms with Gasteiger partial charge in [0.25, 0.3) is 0 Å². The first-order valence-electron chi connectivity index (χ1n) is 11.5. The van der Waals surface area contributed by atoms with Crippen molar-refractivity contribution in [3.8, 4) is 11.5 Å². The van der Waals surface area contributed by atoms with Crippen molar-refractivity contribution < 1.29 is 18.7 Å². The number of piperazine rings is 1. The van der Waals surface area contributed by atoms with E-state index >= 15 is 0 Å². The number of benzene rings is 3. The van der Waals surface area contributed by atoms with Crippen LogP contribution in [0.2, 0.25) is 5.02 Å². The lowest BCUT2D eigenvalue weighted by atomic mass is 10.2. The van der Waals surface area contributed by atoms with Crippen LogP contribution in [0.25, 0.3) is 0 Å². The molecular weight excluding hydrogens is 506 g/mol. The van der Waals surface area contributed by atoms with Crippen LogP contribution < -0.4 is 25.0 Å². The SMILES string of the molecule is Cl.O=C(Nc1cccc(N2CCN(CC3COc4ccccc4O3)CC2)c1)Nc1ccc(F)c(Cl)c1. The fourth-order valence-corrected chi connectivity index (χ4v) is 4.46. The predicted octanol–water partition coefficient (Wildman–Crippen LogP) is 5.51. The Balaban J connectivity index is 0.00000304. The highest BCUT2D eigenvalue weighted by atomic mass is 35.5. The fourth-order valence-electron chi connectivity index (χ4n) is 4.28. The van der Waals surface area contributed by atoms with E-state index in [-0.39, 0.29) is 23.5 Å². The molecule has 3 aromatic carbocycles. The third-order valence-electron chi connectivity index (χ3n) is 6.05. The quantitative estimate of drug-likeness (QED) is 0.453. The molecule has 5 rings (SSSR count). The molecule has 2 heterocycles. The minimum absolute atomic E-state index is 0. The number of hydrogen-bond donors (Lipinski definition) is 2. The van der Waals surface area contributed by atoms with Crippen LogP contribution in [0.3, 0.4) is 0 Å². The number of fused-ring (bicyclic) bond motifs is 1. The van der Waals surface area contributed by atoms with Crippen LogP contribution in [0.1, 0.15) is 0 Å². The smallest absolute Gasteiger partial charge is 0.323 e. The number of rotatable bonds is 5. The van der Waals surface area contributed by atoms with Crippen molar-refractivity contribution in [3.63, 3.8) is 0 Å². The number of nitrogens with one attached hydrogen (secondary N) is 2. The Morgan fingerprint density at radius 1 is 0.944 bits per heavy atom. The summed E-state index contributed by atoms with van der Waals surface area (Å²) in [6, 6.07) is 19.1. The number of urea groups is 1. The van der Waals surface area contributed by atoms with Gasteiger partial charge in [-0.15, -0.1) is 12.4 Å². The van der Waals surface area contributed by atoms with Gasteiger partial charge in [-0.25, -0.2) is 9.18 Å². The van der Waals surface area contributed by atoms with Crippen LogP contribution >= 0.6 is 24.0 Å². The van der Waals surface area contributed by atoms with E-state index in [1.807, 2.05) is 48.5 Å². The fraction of sp³-hybridized carbons (Fsp3) is 0.269. The summed E-state index contributed by atoms with van der Waals surface area (Å²) in [7, 11) is 0. The number of nitrogens with zero attached hydrogens (tertiary/aromatic N) is 2. The maximum atomic E-state index is 13.3. The molecule has 1 unspecified atom stereocenters. The molecule has 0 aliphatic carbocycles. The first kappa shape index (κ1) is 25.9. The van der Waals surface area contributed by atoms with Crippen LogP contribution in [-0.4, -0.2) is 56.4 Å². The van der Waals surface area contributed by atoms with E-state index in [9.17, 15) is 9.18 Å². The molecule has 2 aliphatic heterocycles. The molecule has 0 saturated carbocycles. The number of carbonyl (C=O) groups is 1. The number of para-hydroxylation sites is 2. The zero-order valence-electron chi connectivity index (χ0n) is 19.5. The normalized spacial score (nSPS) is 17.2. The summed E-state index contributed by atoms with van der Waals surface area (Å²) in [5.41, 5.74) is 2.12. The van der Waals surface area contributed by atoms with Gasteiger partial charge in [-0.1, -0.05) is 29.8 Å². The molecule has 3 aromatic rings. The van der Waals surface area contributed by atoms with E-state index in [2.05, 4.69) is 20.4 Å². The first-order chi connectivity index (χ1) is 17.0. The lowest BCUT2D eigenvalue weighted by molar-refractivity contribution is 0.0571. The Bertz CT molecular complexity index is 1210. The number of ether oxygens (including phenoxy) is 2. The molecule has 2 amide bonds. The molecular formula is C26H27Cl2FN4O3. The Morgan fingerprint density at radius 2 is 1.67 bits per heavy atom. The van der Waals surface area contributed by atoms with Gasteiger partial charge in [0.2, 0.25) is 0 Å². The molecule has 1 fully saturated rings. The highest BCUT2D eigenvalue weighted by molar-refractivity contribution is 6.31. The second kappa shape index (κ2) is 11.7. The minimum atomic E-state index is -0.532. The van der Waals surface area contributed by atoms with Crippen molar-refractivity contribution in [1.82, 2.24) is 4.90 Å². The van der Waals surface area contributed by atoms with Crippen LogP contribution in [0.4, 0.5) is 26.2 Å². The number of amides is 2. The predicted molar refractivity (Wildman–Crippen MR) is 143 cm³/mol. The van der Waals surface area contributed by atoms with Crippen LogP contribution in [0.5, 0.6) is 11.5 Å². The maximum Gasteiger partial charge on any atom is 0.323 e.